The molecule has 1 saturated heterocycles. The highest BCUT2D eigenvalue weighted by molar-refractivity contribution is 6.13. The van der Waals surface area contributed by atoms with Gasteiger partial charge in [0.2, 0.25) is 11.6 Å². The van der Waals surface area contributed by atoms with E-state index in [0.29, 0.717) is 22.9 Å². The number of aromatic nitrogens is 4. The van der Waals surface area contributed by atoms with Crippen molar-refractivity contribution < 1.29 is 27.5 Å². The van der Waals surface area contributed by atoms with Crippen LogP contribution >= 0.6 is 0 Å². The largest absolute Gasteiger partial charge is 0.485 e. The normalized spacial score (nSPS) is 16.8. The lowest BCUT2D eigenvalue weighted by molar-refractivity contribution is -0.143. The van der Waals surface area contributed by atoms with Crippen molar-refractivity contribution in [1.82, 2.24) is 24.5 Å². The number of nitrogen functional groups attached to an aromatic ring is 1. The minimum absolute atomic E-state index is 0.116. The molecule has 1 aliphatic heterocycles. The van der Waals surface area contributed by atoms with E-state index < -0.39 is 23.7 Å². The number of halogens is 3. The van der Waals surface area contributed by atoms with Crippen LogP contribution in [0.1, 0.15) is 35.7 Å². The Morgan fingerprint density at radius 3 is 2.58 bits per heavy atom. The smallest absolute Gasteiger partial charge is 0.438 e. The van der Waals surface area contributed by atoms with Gasteiger partial charge in [-0.1, -0.05) is 0 Å². The van der Waals surface area contributed by atoms with Crippen LogP contribution in [0.25, 0.3) is 5.65 Å². The quantitative estimate of drug-likeness (QED) is 0.580. The first kappa shape index (κ1) is 21.0. The fraction of sp³-hybridized carbons (Fsp3) is 0.350. The van der Waals surface area contributed by atoms with E-state index in [2.05, 4.69) is 15.2 Å². The average Bonchev–Trinajstić information content (AvgIpc) is 3.47. The first-order valence-electron chi connectivity index (χ1n) is 10.0. The van der Waals surface area contributed by atoms with Crippen molar-refractivity contribution in [2.75, 3.05) is 24.2 Å². The predicted molar refractivity (Wildman–Crippen MR) is 108 cm³/mol. The summed E-state index contributed by atoms with van der Waals surface area (Å²) in [7, 11) is 1.41. The van der Waals surface area contributed by atoms with Crippen LogP contribution in [0.4, 0.5) is 29.5 Å². The number of anilines is 2. The number of carbonyl (C=O) groups is 2. The summed E-state index contributed by atoms with van der Waals surface area (Å²) in [6, 6.07) is 2.32. The second-order valence-electron chi connectivity index (χ2n) is 7.99. The number of rotatable bonds is 5. The molecule has 10 nitrogen and oxygen atoms in total. The van der Waals surface area contributed by atoms with E-state index in [1.54, 1.807) is 10.6 Å². The Balaban J connectivity index is 1.50. The summed E-state index contributed by atoms with van der Waals surface area (Å²) >= 11 is 0. The first-order chi connectivity index (χ1) is 15.6. The Morgan fingerprint density at radius 1 is 1.18 bits per heavy atom. The van der Waals surface area contributed by atoms with E-state index in [4.69, 9.17) is 10.5 Å². The van der Waals surface area contributed by atoms with Crippen LogP contribution in [0.3, 0.4) is 0 Å². The maximum Gasteiger partial charge on any atom is 0.438 e. The molecule has 2 aliphatic rings. The lowest BCUT2D eigenvalue weighted by atomic mass is 10.1. The van der Waals surface area contributed by atoms with Crippen LogP contribution < -0.4 is 15.4 Å². The van der Waals surface area contributed by atoms with Gasteiger partial charge in [0.25, 0.3) is 0 Å². The highest BCUT2D eigenvalue weighted by Crippen LogP contribution is 2.42. The van der Waals surface area contributed by atoms with Crippen molar-refractivity contribution in [2.24, 2.45) is 0 Å². The lowest BCUT2D eigenvalue weighted by Crippen LogP contribution is -2.30. The number of nitrogens with two attached hydrogens (primary N) is 1. The SMILES string of the molecule is CN1C(=O)CN(c2cc(C3CC3)cn3cc(COc4cc(N)nnc4C(F)(F)F)nc23)C1=O. The molecule has 0 aromatic carbocycles. The third kappa shape index (κ3) is 3.79. The zero-order valence-electron chi connectivity index (χ0n) is 17.3. The lowest BCUT2D eigenvalue weighted by Gasteiger charge is -2.17. The molecule has 2 fully saturated rings. The molecule has 0 atom stereocenters. The van der Waals surface area contributed by atoms with E-state index in [0.717, 1.165) is 29.4 Å². The monoisotopic (exact) mass is 461 g/mol. The highest BCUT2D eigenvalue weighted by atomic mass is 19.4. The van der Waals surface area contributed by atoms with Crippen LogP contribution in [-0.4, -0.2) is 50.0 Å². The number of imide groups is 1. The van der Waals surface area contributed by atoms with Crippen LogP contribution in [0, 0.1) is 0 Å². The zero-order valence-corrected chi connectivity index (χ0v) is 17.3. The molecule has 0 spiro atoms. The molecule has 5 rings (SSSR count). The van der Waals surface area contributed by atoms with Gasteiger partial charge in [-0.05, 0) is 30.4 Å². The first-order valence-corrected chi connectivity index (χ1v) is 10.0. The molecule has 4 heterocycles. The number of carbonyl (C=O) groups excluding carboxylic acids is 2. The number of amides is 3. The summed E-state index contributed by atoms with van der Waals surface area (Å²) in [5.74, 6) is -0.771. The van der Waals surface area contributed by atoms with Crippen molar-refractivity contribution in [3.63, 3.8) is 0 Å². The molecule has 2 N–H and O–H groups in total. The summed E-state index contributed by atoms with van der Waals surface area (Å²) in [5, 5.41) is 6.34. The number of pyridine rings is 1. The number of hydrogen-bond acceptors (Lipinski definition) is 7. The third-order valence-corrected chi connectivity index (χ3v) is 5.55. The van der Waals surface area contributed by atoms with Crippen LogP contribution in [0.2, 0.25) is 0 Å². The standard InChI is InChI=1S/C20H18F3N7O3/c1-28-16(31)8-30(19(28)32)13-4-11(10-2-3-10)6-29-7-12(25-18(13)29)9-33-14-5-15(24)26-27-17(14)20(21,22)23/h4-7,10H,2-3,8-9H2,1H3,(H2,24,26). The molecular weight excluding hydrogens is 443 g/mol. The Bertz CT molecular complexity index is 1290. The molecule has 0 unspecified atom stereocenters. The second-order valence-corrected chi connectivity index (χ2v) is 7.99. The van der Waals surface area contributed by atoms with E-state index in [1.165, 1.54) is 11.9 Å². The summed E-state index contributed by atoms with van der Waals surface area (Å²) in [4.78, 5) is 31.5. The van der Waals surface area contributed by atoms with Gasteiger partial charge in [-0.2, -0.15) is 13.2 Å². The molecule has 1 aliphatic carbocycles. The van der Waals surface area contributed by atoms with Gasteiger partial charge in [-0.25, -0.2) is 9.78 Å². The Hall–Kier alpha value is -3.90. The van der Waals surface area contributed by atoms with Gasteiger partial charge in [0.1, 0.15) is 19.0 Å². The Labute approximate surface area is 184 Å². The van der Waals surface area contributed by atoms with Gasteiger partial charge in [0, 0.05) is 25.5 Å². The van der Waals surface area contributed by atoms with Gasteiger partial charge in [-0.3, -0.25) is 14.6 Å². The Morgan fingerprint density at radius 2 is 1.94 bits per heavy atom. The molecule has 0 radical (unpaired) electrons. The summed E-state index contributed by atoms with van der Waals surface area (Å²) in [6.45, 7) is -0.421. The minimum atomic E-state index is -4.77. The van der Waals surface area contributed by atoms with Gasteiger partial charge in [0.15, 0.2) is 11.4 Å². The van der Waals surface area contributed by atoms with Crippen LogP contribution in [0.15, 0.2) is 24.5 Å². The van der Waals surface area contributed by atoms with Crippen molar-refractivity contribution in [1.29, 1.82) is 0 Å². The third-order valence-electron chi connectivity index (χ3n) is 5.55. The van der Waals surface area contributed by atoms with Crippen LogP contribution in [0.5, 0.6) is 5.75 Å². The van der Waals surface area contributed by atoms with Crippen molar-refractivity contribution in [3.05, 3.63) is 41.5 Å². The van der Waals surface area contributed by atoms with Crippen molar-refractivity contribution >= 4 is 29.1 Å². The predicted octanol–water partition coefficient (Wildman–Crippen LogP) is 2.58. The zero-order chi connectivity index (χ0) is 23.5. The number of likely N-dealkylation sites (N-methyl/N-ethyl adjacent to an activating group) is 1. The number of fused-ring (bicyclic) bond motifs is 1. The van der Waals surface area contributed by atoms with Crippen molar-refractivity contribution in [3.8, 4) is 5.75 Å². The fourth-order valence-electron chi connectivity index (χ4n) is 3.69. The second kappa shape index (κ2) is 7.32. The summed E-state index contributed by atoms with van der Waals surface area (Å²) < 4.78 is 46.7. The van der Waals surface area contributed by atoms with Gasteiger partial charge >= 0.3 is 12.2 Å². The fourth-order valence-corrected chi connectivity index (χ4v) is 3.69. The molecule has 0 bridgehead atoms. The average molecular weight is 461 g/mol. The molecule has 3 aromatic rings. The molecule has 13 heteroatoms. The summed E-state index contributed by atoms with van der Waals surface area (Å²) in [5.41, 5.74) is 6.33. The van der Waals surface area contributed by atoms with E-state index in [1.807, 2.05) is 12.3 Å². The number of urea groups is 1. The highest BCUT2D eigenvalue weighted by Gasteiger charge is 2.38. The molecule has 1 saturated carbocycles. The van der Waals surface area contributed by atoms with E-state index in [9.17, 15) is 22.8 Å². The topological polar surface area (TPSA) is 119 Å². The number of hydrogen-bond donors (Lipinski definition) is 1. The number of nitrogens with zero attached hydrogens (tertiary/aromatic N) is 6. The van der Waals surface area contributed by atoms with E-state index in [-0.39, 0.29) is 24.9 Å². The summed E-state index contributed by atoms with van der Waals surface area (Å²) in [6.07, 6.45) is 0.738. The maximum absolute atomic E-state index is 13.2. The van der Waals surface area contributed by atoms with Gasteiger partial charge < -0.3 is 14.9 Å². The molecule has 3 amide bonds. The molecule has 3 aromatic heterocycles. The molecule has 33 heavy (non-hydrogen) atoms. The van der Waals surface area contributed by atoms with Gasteiger partial charge in [0.05, 0.1) is 11.4 Å². The minimum Gasteiger partial charge on any atom is -0.485 e. The maximum atomic E-state index is 13.2. The number of imidazole rings is 1. The number of alkyl halides is 3. The Kier molecular flexibility index (Phi) is 4.65. The molecule has 172 valence electrons. The van der Waals surface area contributed by atoms with Crippen molar-refractivity contribution in [2.45, 2.75) is 31.5 Å². The van der Waals surface area contributed by atoms with Gasteiger partial charge in [-0.15, -0.1) is 10.2 Å². The van der Waals surface area contributed by atoms with Crippen LogP contribution in [-0.2, 0) is 17.6 Å². The number of ether oxygens (including phenoxy) is 1. The van der Waals surface area contributed by atoms with E-state index >= 15 is 0 Å². The molecular formula is C20H18F3N7O3.